The van der Waals surface area contributed by atoms with Crippen LogP contribution in [0, 0.1) is 0 Å². The van der Waals surface area contributed by atoms with Crippen LogP contribution in [0.4, 0.5) is 0 Å². The summed E-state index contributed by atoms with van der Waals surface area (Å²) in [6.07, 6.45) is 0. The van der Waals surface area contributed by atoms with E-state index in [9.17, 15) is 0 Å². The lowest BCUT2D eigenvalue weighted by atomic mass is 10.2. The van der Waals surface area contributed by atoms with E-state index in [2.05, 4.69) is 22.5 Å². The Morgan fingerprint density at radius 2 is 1.74 bits per heavy atom. The van der Waals surface area contributed by atoms with Crippen molar-refractivity contribution in [3.8, 4) is 11.5 Å². The van der Waals surface area contributed by atoms with E-state index in [0.717, 1.165) is 35.1 Å². The average Bonchev–Trinajstić information content (AvgIpc) is 2.71. The second-order valence-electron chi connectivity index (χ2n) is 5.89. The van der Waals surface area contributed by atoms with Gasteiger partial charge in [0.05, 0.1) is 20.3 Å². The molecule has 146 valence electrons. The molecule has 27 heavy (non-hydrogen) atoms. The van der Waals surface area contributed by atoms with Crippen LogP contribution in [-0.4, -0.2) is 39.9 Å². The number of nitrogens with zero attached hydrogens (tertiary/aromatic N) is 1. The molecule has 0 spiro atoms. The minimum absolute atomic E-state index is 0.537. The molecule has 2 rings (SSSR count). The molecular weight excluding hydrogens is 342 g/mol. The maximum atomic E-state index is 5.65. The van der Waals surface area contributed by atoms with Gasteiger partial charge in [-0.15, -0.1) is 0 Å². The molecule has 0 amide bonds. The molecule has 0 atom stereocenters. The quantitative estimate of drug-likeness (QED) is 0.382. The lowest BCUT2D eigenvalue weighted by Crippen LogP contribution is -2.36. The number of methoxy groups -OCH3 is 2. The van der Waals surface area contributed by atoms with Crippen molar-refractivity contribution in [2.75, 3.05) is 34.0 Å². The van der Waals surface area contributed by atoms with Crippen molar-refractivity contribution >= 4 is 5.96 Å². The van der Waals surface area contributed by atoms with Crippen LogP contribution in [0.5, 0.6) is 11.5 Å². The van der Waals surface area contributed by atoms with Gasteiger partial charge in [-0.1, -0.05) is 24.3 Å². The fraction of sp³-hybridized carbons (Fsp3) is 0.381. The third-order valence-corrected chi connectivity index (χ3v) is 3.84. The van der Waals surface area contributed by atoms with Crippen molar-refractivity contribution in [1.82, 2.24) is 10.6 Å². The molecule has 0 saturated carbocycles. The van der Waals surface area contributed by atoms with Gasteiger partial charge in [-0.05, 0) is 42.3 Å². The molecule has 0 aliphatic rings. The molecule has 0 aromatic heterocycles. The van der Waals surface area contributed by atoms with Crippen molar-refractivity contribution in [2.24, 2.45) is 4.99 Å². The molecular formula is C21H29N3O3. The number of aliphatic imine (C=N–C) groups is 1. The fourth-order valence-electron chi connectivity index (χ4n) is 2.42. The maximum Gasteiger partial charge on any atom is 0.191 e. The third-order valence-electron chi connectivity index (χ3n) is 3.84. The molecule has 0 saturated heterocycles. The Kier molecular flexibility index (Phi) is 9.00. The summed E-state index contributed by atoms with van der Waals surface area (Å²) in [4.78, 5) is 4.66. The molecule has 6 heteroatoms. The van der Waals surface area contributed by atoms with E-state index >= 15 is 0 Å². The van der Waals surface area contributed by atoms with Crippen LogP contribution in [0.2, 0.25) is 0 Å². The fourth-order valence-corrected chi connectivity index (χ4v) is 2.42. The summed E-state index contributed by atoms with van der Waals surface area (Å²) >= 11 is 0. The monoisotopic (exact) mass is 371 g/mol. The molecule has 0 fully saturated rings. The molecule has 2 aromatic carbocycles. The number of guanidine groups is 1. The summed E-state index contributed by atoms with van der Waals surface area (Å²) in [6.45, 7) is 5.22. The van der Waals surface area contributed by atoms with Crippen LogP contribution < -0.4 is 20.1 Å². The molecule has 0 aliphatic heterocycles. The van der Waals surface area contributed by atoms with Crippen molar-refractivity contribution in [1.29, 1.82) is 0 Å². The SMILES string of the molecule is CCNC(=NCc1cccc(OCCOC)c1)NCc1ccc(OC)cc1. The molecule has 0 radical (unpaired) electrons. The highest BCUT2D eigenvalue weighted by molar-refractivity contribution is 5.79. The Bertz CT molecular complexity index is 702. The lowest BCUT2D eigenvalue weighted by Gasteiger charge is -2.12. The maximum absolute atomic E-state index is 5.65. The number of rotatable bonds is 10. The molecule has 0 heterocycles. The molecule has 2 N–H and O–H groups in total. The van der Waals surface area contributed by atoms with Gasteiger partial charge in [-0.25, -0.2) is 4.99 Å². The van der Waals surface area contributed by atoms with E-state index < -0.39 is 0 Å². The first-order chi connectivity index (χ1) is 13.2. The van der Waals surface area contributed by atoms with Crippen LogP contribution in [-0.2, 0) is 17.8 Å². The standard InChI is InChI=1S/C21H29N3O3/c1-4-22-21(23-15-17-8-10-19(26-3)11-9-17)24-16-18-6-5-7-20(14-18)27-13-12-25-2/h5-11,14H,4,12-13,15-16H2,1-3H3,(H2,22,23,24). The topological polar surface area (TPSA) is 64.1 Å². The second kappa shape index (κ2) is 11.8. The van der Waals surface area contributed by atoms with Gasteiger partial charge < -0.3 is 24.8 Å². The normalized spacial score (nSPS) is 11.1. The first-order valence-corrected chi connectivity index (χ1v) is 9.11. The molecule has 0 unspecified atom stereocenters. The van der Waals surface area contributed by atoms with E-state index in [0.29, 0.717) is 26.3 Å². The first-order valence-electron chi connectivity index (χ1n) is 9.11. The van der Waals surface area contributed by atoms with Gasteiger partial charge in [0.25, 0.3) is 0 Å². The van der Waals surface area contributed by atoms with Crippen LogP contribution in [0.15, 0.2) is 53.5 Å². The van der Waals surface area contributed by atoms with Gasteiger partial charge in [0.1, 0.15) is 18.1 Å². The predicted molar refractivity (Wildman–Crippen MR) is 108 cm³/mol. The van der Waals surface area contributed by atoms with E-state index in [1.54, 1.807) is 14.2 Å². The van der Waals surface area contributed by atoms with Crippen molar-refractivity contribution in [3.63, 3.8) is 0 Å². The Balaban J connectivity index is 1.92. The van der Waals surface area contributed by atoms with Crippen LogP contribution in [0.3, 0.4) is 0 Å². The molecule has 2 aromatic rings. The number of benzene rings is 2. The third kappa shape index (κ3) is 7.58. The highest BCUT2D eigenvalue weighted by atomic mass is 16.5. The van der Waals surface area contributed by atoms with Crippen LogP contribution in [0.25, 0.3) is 0 Å². The van der Waals surface area contributed by atoms with Crippen molar-refractivity contribution in [3.05, 3.63) is 59.7 Å². The zero-order chi connectivity index (χ0) is 19.3. The van der Waals surface area contributed by atoms with Gasteiger partial charge in [0, 0.05) is 20.2 Å². The van der Waals surface area contributed by atoms with Gasteiger partial charge in [-0.2, -0.15) is 0 Å². The Labute approximate surface area is 161 Å². The lowest BCUT2D eigenvalue weighted by molar-refractivity contribution is 0.146. The summed E-state index contributed by atoms with van der Waals surface area (Å²) in [6, 6.07) is 15.9. The van der Waals surface area contributed by atoms with Gasteiger partial charge in [0.15, 0.2) is 5.96 Å². The van der Waals surface area contributed by atoms with Crippen LogP contribution in [0.1, 0.15) is 18.1 Å². The van der Waals surface area contributed by atoms with Crippen molar-refractivity contribution in [2.45, 2.75) is 20.0 Å². The van der Waals surface area contributed by atoms with Crippen LogP contribution >= 0.6 is 0 Å². The van der Waals surface area contributed by atoms with Crippen molar-refractivity contribution < 1.29 is 14.2 Å². The summed E-state index contributed by atoms with van der Waals surface area (Å²) in [5.74, 6) is 2.46. The zero-order valence-corrected chi connectivity index (χ0v) is 16.3. The minimum atomic E-state index is 0.537. The number of hydrogen-bond acceptors (Lipinski definition) is 4. The molecule has 0 bridgehead atoms. The molecule has 6 nitrogen and oxygen atoms in total. The van der Waals surface area contributed by atoms with Gasteiger partial charge in [-0.3, -0.25) is 0 Å². The molecule has 0 aliphatic carbocycles. The number of nitrogens with one attached hydrogen (secondary N) is 2. The van der Waals surface area contributed by atoms with E-state index in [1.807, 2.05) is 48.5 Å². The highest BCUT2D eigenvalue weighted by Crippen LogP contribution is 2.14. The predicted octanol–water partition coefficient (Wildman–Crippen LogP) is 2.98. The van der Waals surface area contributed by atoms with E-state index in [1.165, 1.54) is 0 Å². The Morgan fingerprint density at radius 1 is 0.926 bits per heavy atom. The highest BCUT2D eigenvalue weighted by Gasteiger charge is 2.01. The summed E-state index contributed by atoms with van der Waals surface area (Å²) < 4.78 is 15.8. The van der Waals surface area contributed by atoms with E-state index in [-0.39, 0.29) is 0 Å². The minimum Gasteiger partial charge on any atom is -0.497 e. The number of ether oxygens (including phenoxy) is 3. The Morgan fingerprint density at radius 3 is 2.44 bits per heavy atom. The van der Waals surface area contributed by atoms with Gasteiger partial charge in [0.2, 0.25) is 0 Å². The van der Waals surface area contributed by atoms with Gasteiger partial charge >= 0.3 is 0 Å². The second-order valence-corrected chi connectivity index (χ2v) is 5.89. The average molecular weight is 371 g/mol. The zero-order valence-electron chi connectivity index (χ0n) is 16.3. The summed E-state index contributed by atoms with van der Waals surface area (Å²) in [5, 5.41) is 6.62. The number of hydrogen-bond donors (Lipinski definition) is 2. The van der Waals surface area contributed by atoms with E-state index in [4.69, 9.17) is 14.2 Å². The summed E-state index contributed by atoms with van der Waals surface area (Å²) in [7, 11) is 3.33. The summed E-state index contributed by atoms with van der Waals surface area (Å²) in [5.41, 5.74) is 2.25. The first kappa shape index (κ1) is 20.6. The Hall–Kier alpha value is -2.73. The smallest absolute Gasteiger partial charge is 0.191 e. The largest absolute Gasteiger partial charge is 0.497 e.